The summed E-state index contributed by atoms with van der Waals surface area (Å²) in [5, 5.41) is 8.80. The van der Waals surface area contributed by atoms with Gasteiger partial charge in [-0.15, -0.1) is 0 Å². The Morgan fingerprint density at radius 2 is 1.91 bits per heavy atom. The lowest BCUT2D eigenvalue weighted by Crippen LogP contribution is -2.32. The zero-order chi connectivity index (χ0) is 17.8. The highest BCUT2D eigenvalue weighted by atomic mass is 19.4. The predicted molar refractivity (Wildman–Crippen MR) is 80.8 cm³/mol. The SMILES string of the molecule is CC(C)(CC=O)C(F)(F)F.Cc1nc2cc(C#N)c(C)cc2[nH]1. The normalized spacial score (nSPS) is 11.6. The molecule has 0 bridgehead atoms. The van der Waals surface area contributed by atoms with Gasteiger partial charge in [0.05, 0.1) is 28.1 Å². The lowest BCUT2D eigenvalue weighted by molar-refractivity contribution is -0.212. The number of carbonyl (C=O) groups is 1. The van der Waals surface area contributed by atoms with Gasteiger partial charge in [0.15, 0.2) is 0 Å². The number of halogens is 3. The Morgan fingerprint density at radius 1 is 1.30 bits per heavy atom. The zero-order valence-corrected chi connectivity index (χ0v) is 13.4. The summed E-state index contributed by atoms with van der Waals surface area (Å²) in [5.41, 5.74) is 1.65. The van der Waals surface area contributed by atoms with Crippen LogP contribution in [0.4, 0.5) is 13.2 Å². The molecule has 124 valence electrons. The third-order valence-corrected chi connectivity index (χ3v) is 3.43. The van der Waals surface area contributed by atoms with E-state index in [1.165, 1.54) is 0 Å². The van der Waals surface area contributed by atoms with Gasteiger partial charge in [-0.25, -0.2) is 4.98 Å². The molecule has 0 atom stereocenters. The standard InChI is InChI=1S/C10H9N3.C6H9F3O/c1-6-3-9-10(4-8(6)5-11)13-7(2)12-9;1-5(2,3-4-10)6(7,8)9/h3-4H,1-2H3,(H,12,13);4H,3H2,1-2H3. The van der Waals surface area contributed by atoms with Crippen molar-refractivity contribution in [3.63, 3.8) is 0 Å². The van der Waals surface area contributed by atoms with E-state index >= 15 is 0 Å². The number of nitriles is 1. The summed E-state index contributed by atoms with van der Waals surface area (Å²) < 4.78 is 35.6. The number of aromatic nitrogens is 2. The molecule has 0 saturated heterocycles. The van der Waals surface area contributed by atoms with Crippen molar-refractivity contribution in [2.75, 3.05) is 0 Å². The first-order valence-corrected chi connectivity index (χ1v) is 6.89. The van der Waals surface area contributed by atoms with Crippen molar-refractivity contribution >= 4 is 17.3 Å². The Hall–Kier alpha value is -2.36. The van der Waals surface area contributed by atoms with E-state index in [1.807, 2.05) is 26.0 Å². The van der Waals surface area contributed by atoms with E-state index < -0.39 is 18.0 Å². The number of alkyl halides is 3. The van der Waals surface area contributed by atoms with Crippen molar-refractivity contribution in [2.45, 2.75) is 40.3 Å². The Morgan fingerprint density at radius 3 is 2.35 bits per heavy atom. The minimum Gasteiger partial charge on any atom is -0.342 e. The Bertz CT molecular complexity index is 739. The van der Waals surface area contributed by atoms with Crippen LogP contribution < -0.4 is 0 Å². The molecule has 0 aliphatic carbocycles. The lowest BCUT2D eigenvalue weighted by atomic mass is 9.89. The quantitative estimate of drug-likeness (QED) is 0.841. The van der Waals surface area contributed by atoms with Gasteiger partial charge in [0.2, 0.25) is 0 Å². The van der Waals surface area contributed by atoms with Crippen molar-refractivity contribution in [1.29, 1.82) is 5.26 Å². The molecule has 0 aliphatic heterocycles. The highest BCUT2D eigenvalue weighted by molar-refractivity contribution is 5.78. The van der Waals surface area contributed by atoms with E-state index in [4.69, 9.17) is 5.26 Å². The monoisotopic (exact) mass is 325 g/mol. The molecular formula is C16H18F3N3O. The number of fused-ring (bicyclic) bond motifs is 1. The molecular weight excluding hydrogens is 307 g/mol. The molecule has 23 heavy (non-hydrogen) atoms. The Balaban J connectivity index is 0.000000241. The van der Waals surface area contributed by atoms with Crippen LogP contribution in [0.15, 0.2) is 12.1 Å². The van der Waals surface area contributed by atoms with E-state index in [9.17, 15) is 18.0 Å². The fourth-order valence-corrected chi connectivity index (χ4v) is 1.74. The maximum Gasteiger partial charge on any atom is 0.394 e. The fraction of sp³-hybridized carbons (Fsp3) is 0.438. The summed E-state index contributed by atoms with van der Waals surface area (Å²) in [6.07, 6.45) is -4.47. The summed E-state index contributed by atoms with van der Waals surface area (Å²) in [7, 11) is 0. The molecule has 2 aromatic rings. The van der Waals surface area contributed by atoms with Gasteiger partial charge in [0.1, 0.15) is 12.1 Å². The number of carbonyl (C=O) groups excluding carboxylic acids is 1. The van der Waals surface area contributed by atoms with Crippen LogP contribution in [-0.4, -0.2) is 22.4 Å². The summed E-state index contributed by atoms with van der Waals surface area (Å²) in [6.45, 7) is 5.83. The second-order valence-corrected chi connectivity index (χ2v) is 5.87. The highest BCUT2D eigenvalue weighted by Gasteiger charge is 2.46. The largest absolute Gasteiger partial charge is 0.394 e. The maximum absolute atomic E-state index is 11.9. The number of hydrogen-bond acceptors (Lipinski definition) is 3. The van der Waals surface area contributed by atoms with Gasteiger partial charge in [0.25, 0.3) is 0 Å². The van der Waals surface area contributed by atoms with E-state index in [1.54, 1.807) is 0 Å². The van der Waals surface area contributed by atoms with Gasteiger partial charge in [-0.05, 0) is 31.5 Å². The molecule has 0 saturated carbocycles. The van der Waals surface area contributed by atoms with Crippen molar-refractivity contribution in [3.05, 3.63) is 29.1 Å². The molecule has 2 rings (SSSR count). The van der Waals surface area contributed by atoms with Gasteiger partial charge in [-0.2, -0.15) is 18.4 Å². The number of H-pyrrole nitrogens is 1. The average Bonchev–Trinajstić information content (AvgIpc) is 2.76. The predicted octanol–water partition coefficient (Wildman–Crippen LogP) is 4.22. The Labute approximate surface area is 132 Å². The summed E-state index contributed by atoms with van der Waals surface area (Å²) in [5.74, 6) is 0.879. The van der Waals surface area contributed by atoms with Crippen LogP contribution in [0.2, 0.25) is 0 Å². The molecule has 0 unspecified atom stereocenters. The van der Waals surface area contributed by atoms with Gasteiger partial charge in [-0.3, -0.25) is 0 Å². The minimum atomic E-state index is -4.28. The first kappa shape index (κ1) is 18.7. The first-order chi connectivity index (χ1) is 10.5. The second-order valence-electron chi connectivity index (χ2n) is 5.87. The molecule has 0 fully saturated rings. The third kappa shape index (κ3) is 4.55. The smallest absolute Gasteiger partial charge is 0.342 e. The molecule has 0 amide bonds. The molecule has 1 aromatic heterocycles. The molecule has 0 radical (unpaired) electrons. The number of aryl methyl sites for hydroxylation is 2. The number of hydrogen-bond donors (Lipinski definition) is 1. The van der Waals surface area contributed by atoms with Crippen molar-refractivity contribution in [2.24, 2.45) is 5.41 Å². The van der Waals surface area contributed by atoms with E-state index in [0.29, 0.717) is 5.56 Å². The topological polar surface area (TPSA) is 69.5 Å². The summed E-state index contributed by atoms with van der Waals surface area (Å²) in [4.78, 5) is 17.2. The van der Waals surface area contributed by atoms with Gasteiger partial charge in [0, 0.05) is 6.42 Å². The van der Waals surface area contributed by atoms with E-state index in [-0.39, 0.29) is 6.29 Å². The molecule has 1 heterocycles. The minimum absolute atomic E-state index is 0.285. The molecule has 7 heteroatoms. The van der Waals surface area contributed by atoms with Crippen molar-refractivity contribution in [1.82, 2.24) is 9.97 Å². The molecule has 0 spiro atoms. The number of imidazole rings is 1. The zero-order valence-electron chi connectivity index (χ0n) is 13.4. The first-order valence-electron chi connectivity index (χ1n) is 6.89. The lowest BCUT2D eigenvalue weighted by Gasteiger charge is -2.24. The third-order valence-electron chi connectivity index (χ3n) is 3.43. The van der Waals surface area contributed by atoms with E-state index in [2.05, 4.69) is 16.0 Å². The van der Waals surface area contributed by atoms with Crippen molar-refractivity contribution < 1.29 is 18.0 Å². The maximum atomic E-state index is 11.9. The number of rotatable bonds is 2. The number of nitrogens with one attached hydrogen (secondary N) is 1. The van der Waals surface area contributed by atoms with Crippen LogP contribution in [0.25, 0.3) is 11.0 Å². The van der Waals surface area contributed by atoms with Crippen LogP contribution in [0, 0.1) is 30.6 Å². The van der Waals surface area contributed by atoms with Crippen LogP contribution >= 0.6 is 0 Å². The summed E-state index contributed by atoms with van der Waals surface area (Å²) in [6, 6.07) is 5.91. The molecule has 4 nitrogen and oxygen atoms in total. The average molecular weight is 325 g/mol. The number of aromatic amines is 1. The second kappa shape index (κ2) is 6.82. The van der Waals surface area contributed by atoms with Gasteiger partial charge >= 0.3 is 6.18 Å². The number of aldehydes is 1. The van der Waals surface area contributed by atoms with Gasteiger partial charge in [-0.1, -0.05) is 13.8 Å². The highest BCUT2D eigenvalue weighted by Crippen LogP contribution is 2.39. The van der Waals surface area contributed by atoms with Gasteiger partial charge < -0.3 is 9.78 Å². The number of benzene rings is 1. The van der Waals surface area contributed by atoms with E-state index in [0.717, 1.165) is 36.3 Å². The number of nitrogens with zero attached hydrogens (tertiary/aromatic N) is 2. The van der Waals surface area contributed by atoms with Crippen LogP contribution in [0.5, 0.6) is 0 Å². The molecule has 1 N–H and O–H groups in total. The van der Waals surface area contributed by atoms with Crippen LogP contribution in [-0.2, 0) is 4.79 Å². The van der Waals surface area contributed by atoms with Crippen LogP contribution in [0.1, 0.15) is 37.2 Å². The van der Waals surface area contributed by atoms with Crippen molar-refractivity contribution in [3.8, 4) is 6.07 Å². The summed E-state index contributed by atoms with van der Waals surface area (Å²) >= 11 is 0. The fourth-order valence-electron chi connectivity index (χ4n) is 1.74. The molecule has 1 aromatic carbocycles. The van der Waals surface area contributed by atoms with Crippen LogP contribution in [0.3, 0.4) is 0 Å². The molecule has 0 aliphatic rings. The Kier molecular flexibility index (Phi) is 5.54.